The van der Waals surface area contributed by atoms with Gasteiger partial charge >= 0.3 is 73.8 Å². The van der Waals surface area contributed by atoms with Crippen LogP contribution in [0.25, 0.3) is 0 Å². The number of halogens is 14. The first-order chi connectivity index (χ1) is 10.9. The summed E-state index contributed by atoms with van der Waals surface area (Å²) in [5, 5.41) is 18.5. The van der Waals surface area contributed by atoms with Gasteiger partial charge in [0.15, 0.2) is 0 Å². The van der Waals surface area contributed by atoms with E-state index in [1.807, 2.05) is 0 Å². The average Bonchev–Trinajstić information content (AvgIpc) is 2.35. The zero-order valence-corrected chi connectivity index (χ0v) is 13.8. The summed E-state index contributed by atoms with van der Waals surface area (Å²) in [5.41, 5.74) is 0. The summed E-state index contributed by atoms with van der Waals surface area (Å²) in [4.78, 5) is 18.5. The zero-order chi connectivity index (χ0) is 22.2. The molecule has 0 heterocycles. The molecule has 0 rings (SSSR count). The first kappa shape index (κ1) is 30.9. The number of hydrogen-bond donors (Lipinski definition) is 0. The molecule has 0 N–H and O–H groups in total. The average molecular weight is 466 g/mol. The minimum Gasteiger partial charge on any atom is -0.544 e. The molecular weight excluding hydrogens is 466 g/mol. The molecule has 0 amide bonds. The van der Waals surface area contributed by atoms with Crippen molar-refractivity contribution in [3.8, 4) is 0 Å². The van der Waals surface area contributed by atoms with Crippen molar-refractivity contribution in [1.29, 1.82) is 0 Å². The Kier molecular flexibility index (Phi) is 9.97. The number of hydrogen-bond acceptors (Lipinski definition) is 4. The van der Waals surface area contributed by atoms with Gasteiger partial charge in [-0.2, -0.15) is 61.5 Å². The van der Waals surface area contributed by atoms with Crippen LogP contribution in [0.15, 0.2) is 0 Å². The van der Waals surface area contributed by atoms with Gasteiger partial charge in [-0.25, -0.2) is 0 Å². The van der Waals surface area contributed by atoms with Gasteiger partial charge in [-0.1, -0.05) is 0 Å². The van der Waals surface area contributed by atoms with Crippen molar-refractivity contribution in [3.05, 3.63) is 0 Å². The van der Waals surface area contributed by atoms with Gasteiger partial charge in [0.1, 0.15) is 11.9 Å². The van der Waals surface area contributed by atoms with Crippen LogP contribution in [0.5, 0.6) is 0 Å². The van der Waals surface area contributed by atoms with E-state index in [-0.39, 0.29) is 37.7 Å². The fourth-order valence-electron chi connectivity index (χ4n) is 0.612. The molecule has 0 radical (unpaired) electrons. The van der Waals surface area contributed by atoms with Gasteiger partial charge in [0.2, 0.25) is 0 Å². The summed E-state index contributed by atoms with van der Waals surface area (Å²) in [6.07, 6.45) is -13.3. The van der Waals surface area contributed by atoms with Gasteiger partial charge in [0, 0.05) is 0 Å². The van der Waals surface area contributed by atoms with Crippen LogP contribution in [0.2, 0.25) is 0 Å². The van der Waals surface area contributed by atoms with E-state index < -0.39 is 48.0 Å². The summed E-state index contributed by atoms with van der Waals surface area (Å²) < 4.78 is 160. The molecule has 0 aromatic rings. The monoisotopic (exact) mass is 466 g/mol. The van der Waals surface area contributed by atoms with Crippen molar-refractivity contribution in [2.45, 2.75) is 36.0 Å². The van der Waals surface area contributed by atoms with Gasteiger partial charge in [0.05, 0.1) is 0 Å². The van der Waals surface area contributed by atoms with Crippen LogP contribution in [0.4, 0.5) is 61.5 Å². The SMILES string of the molecule is O=C([O-])C(F)(F)C(F)(F)C(F)(F)F.O=C([O-])C(F)(F)C(F)(F)C(F)(F)F.[Ca+2]. The number of carboxylic acids is 2. The number of carboxylic acid groups (broad SMARTS) is 2. The van der Waals surface area contributed by atoms with E-state index in [0.29, 0.717) is 0 Å². The van der Waals surface area contributed by atoms with E-state index in [2.05, 4.69) is 0 Å². The van der Waals surface area contributed by atoms with Gasteiger partial charge in [-0.3, -0.25) is 0 Å². The van der Waals surface area contributed by atoms with Crippen LogP contribution >= 0.6 is 0 Å². The zero-order valence-electron chi connectivity index (χ0n) is 11.6. The molecule has 0 aliphatic carbocycles. The second kappa shape index (κ2) is 8.71. The van der Waals surface area contributed by atoms with Crippen molar-refractivity contribution in [1.82, 2.24) is 0 Å². The summed E-state index contributed by atoms with van der Waals surface area (Å²) in [6.45, 7) is 0. The molecule has 0 unspecified atom stereocenters. The maximum absolute atomic E-state index is 11.7. The molecule has 0 bridgehead atoms. The topological polar surface area (TPSA) is 80.3 Å². The molecule has 0 aliphatic rings. The molecule has 0 saturated heterocycles. The number of rotatable bonds is 4. The van der Waals surface area contributed by atoms with Crippen molar-refractivity contribution >= 4 is 49.7 Å². The summed E-state index contributed by atoms with van der Waals surface area (Å²) >= 11 is 0. The van der Waals surface area contributed by atoms with Crippen LogP contribution in [-0.2, 0) is 9.59 Å². The maximum atomic E-state index is 11.7. The predicted molar refractivity (Wildman–Crippen MR) is 47.7 cm³/mol. The third kappa shape index (κ3) is 6.10. The summed E-state index contributed by atoms with van der Waals surface area (Å²) in [6, 6.07) is 0. The molecule has 19 heteroatoms. The third-order valence-electron chi connectivity index (χ3n) is 2.01. The molecule has 0 saturated carbocycles. The Bertz CT molecular complexity index is 488. The van der Waals surface area contributed by atoms with Crippen molar-refractivity contribution in [2.24, 2.45) is 0 Å². The molecular formula is C8CaF14O4. The molecule has 0 atom stereocenters. The number of aliphatic carboxylic acids is 2. The predicted octanol–water partition coefficient (Wildman–Crippen LogP) is 0.758. The Hall–Kier alpha value is -0.780. The van der Waals surface area contributed by atoms with Crippen LogP contribution in [0.1, 0.15) is 0 Å². The number of alkyl halides is 14. The van der Waals surface area contributed by atoms with E-state index in [1.54, 1.807) is 0 Å². The first-order valence-corrected chi connectivity index (χ1v) is 4.96. The fourth-order valence-corrected chi connectivity index (χ4v) is 0.612. The Labute approximate surface area is 167 Å². The molecule has 27 heavy (non-hydrogen) atoms. The van der Waals surface area contributed by atoms with E-state index >= 15 is 0 Å². The molecule has 0 aromatic carbocycles. The normalized spacial score (nSPS) is 13.9. The van der Waals surface area contributed by atoms with Crippen molar-refractivity contribution in [3.63, 3.8) is 0 Å². The Morgan fingerprint density at radius 3 is 0.667 bits per heavy atom. The minimum absolute atomic E-state index is 0. The van der Waals surface area contributed by atoms with Crippen molar-refractivity contribution in [2.75, 3.05) is 0 Å². The van der Waals surface area contributed by atoms with Gasteiger partial charge in [-0.05, 0) is 0 Å². The van der Waals surface area contributed by atoms with Gasteiger partial charge < -0.3 is 19.8 Å². The molecule has 156 valence electrons. The van der Waals surface area contributed by atoms with Crippen LogP contribution in [0, 0.1) is 0 Å². The minimum atomic E-state index is -6.64. The fraction of sp³-hybridized carbons (Fsp3) is 0.750. The van der Waals surface area contributed by atoms with E-state index in [1.165, 1.54) is 0 Å². The third-order valence-corrected chi connectivity index (χ3v) is 2.01. The van der Waals surface area contributed by atoms with Crippen LogP contribution in [0.3, 0.4) is 0 Å². The smallest absolute Gasteiger partial charge is 0.544 e. The second-order valence-corrected chi connectivity index (χ2v) is 3.87. The van der Waals surface area contributed by atoms with Gasteiger partial charge in [-0.15, -0.1) is 0 Å². The van der Waals surface area contributed by atoms with E-state index in [9.17, 15) is 81.3 Å². The largest absolute Gasteiger partial charge is 2.00 e. The van der Waals surface area contributed by atoms with Gasteiger partial charge in [0.25, 0.3) is 0 Å². The number of carbonyl (C=O) groups excluding carboxylic acids is 2. The quantitative estimate of drug-likeness (QED) is 0.453. The molecule has 4 nitrogen and oxygen atoms in total. The first-order valence-electron chi connectivity index (χ1n) is 4.96. The Morgan fingerprint density at radius 2 is 0.630 bits per heavy atom. The van der Waals surface area contributed by atoms with E-state index in [0.717, 1.165) is 0 Å². The van der Waals surface area contributed by atoms with E-state index in [4.69, 9.17) is 0 Å². The summed E-state index contributed by atoms with van der Waals surface area (Å²) in [7, 11) is 0. The summed E-state index contributed by atoms with van der Waals surface area (Å²) in [5.74, 6) is -33.4. The second-order valence-electron chi connectivity index (χ2n) is 3.87. The standard InChI is InChI=1S/2C4HF7O2.Ca/c2*5-2(6,1(12)13)3(7,8)4(9,10)11;/h2*(H,12,13);/q;;+2/p-2. The Morgan fingerprint density at radius 1 is 0.481 bits per heavy atom. The number of carbonyl (C=O) groups is 2. The molecule has 0 aromatic heterocycles. The molecule has 0 spiro atoms. The van der Waals surface area contributed by atoms with Crippen molar-refractivity contribution < 1.29 is 81.3 Å². The van der Waals surface area contributed by atoms with Crippen LogP contribution in [-0.4, -0.2) is 85.7 Å². The Balaban J connectivity index is -0.000000411. The van der Waals surface area contributed by atoms with Crippen LogP contribution < -0.4 is 10.2 Å². The molecule has 0 fully saturated rings. The molecule has 0 aliphatic heterocycles. The maximum Gasteiger partial charge on any atom is 2.00 e.